The van der Waals surface area contributed by atoms with Gasteiger partial charge in [-0.25, -0.2) is 0 Å². The van der Waals surface area contributed by atoms with E-state index in [1.807, 2.05) is 0 Å². The lowest BCUT2D eigenvalue weighted by atomic mass is 10.00. The van der Waals surface area contributed by atoms with E-state index < -0.39 is 145 Å². The van der Waals surface area contributed by atoms with Crippen molar-refractivity contribution in [2.75, 3.05) is 39.3 Å². The number of carbonyl (C=O) groups excluding carboxylic acids is 10. The number of carbonyl (C=O) groups is 10. The molecule has 28 nitrogen and oxygen atoms in total. The van der Waals surface area contributed by atoms with E-state index in [-0.39, 0.29) is 83.6 Å². The topological polar surface area (TPSA) is 488 Å². The molecule has 1 fully saturated rings. The van der Waals surface area contributed by atoms with Crippen LogP contribution >= 0.6 is 0 Å². The Balaban J connectivity index is 2.74. The molecule has 0 spiro atoms. The largest absolute Gasteiger partial charge is 0.391 e. The molecular formula is C47H82N16O12. The van der Waals surface area contributed by atoms with Gasteiger partial charge in [-0.2, -0.15) is 0 Å². The lowest BCUT2D eigenvalue weighted by Gasteiger charge is -2.28. The van der Waals surface area contributed by atoms with Gasteiger partial charge in [-0.3, -0.25) is 47.9 Å². The van der Waals surface area contributed by atoms with Gasteiger partial charge >= 0.3 is 0 Å². The van der Waals surface area contributed by atoms with E-state index >= 15 is 0 Å². The zero-order valence-corrected chi connectivity index (χ0v) is 43.2. The number of nitrogens with two attached hydrogens (primary N) is 6. The first-order valence-corrected chi connectivity index (χ1v) is 25.2. The summed E-state index contributed by atoms with van der Waals surface area (Å²) in [7, 11) is 0. The SMILES string of the molecule is CC(C)CC1NC(=O)[C@@H](Cc2ccccc2)NC(=O)[C@H](CCN)NC(=O)C(NC(=O)[C@H](CCN)NC(=O)[C@@H](NC(=O)[C@@H](N)CCN)[C@@H](C)O)CCNC(=O)[C@H]([C@@H](C)O)NC(=O)C(CCN)NC(=O)[C@H](CCN)NC1=O. The minimum atomic E-state index is -1.67. The van der Waals surface area contributed by atoms with Crippen molar-refractivity contribution in [1.29, 1.82) is 0 Å². The third-order valence-corrected chi connectivity index (χ3v) is 11.9. The summed E-state index contributed by atoms with van der Waals surface area (Å²) in [5.74, 6) is -9.37. The minimum Gasteiger partial charge on any atom is -0.391 e. The van der Waals surface area contributed by atoms with Crippen LogP contribution in [0.1, 0.15) is 78.2 Å². The summed E-state index contributed by atoms with van der Waals surface area (Å²) in [5, 5.41) is 46.4. The molecule has 422 valence electrons. The van der Waals surface area contributed by atoms with Crippen molar-refractivity contribution >= 4 is 59.1 Å². The average molecular weight is 1060 g/mol. The van der Waals surface area contributed by atoms with Crippen molar-refractivity contribution in [3.05, 3.63) is 35.9 Å². The zero-order valence-electron chi connectivity index (χ0n) is 43.2. The van der Waals surface area contributed by atoms with Crippen LogP contribution in [-0.2, 0) is 54.4 Å². The molecule has 28 heteroatoms. The predicted octanol–water partition coefficient (Wildman–Crippen LogP) is -8.01. The molecule has 0 saturated carbocycles. The highest BCUT2D eigenvalue weighted by Crippen LogP contribution is 2.11. The number of aliphatic hydroxyl groups is 2. The van der Waals surface area contributed by atoms with Gasteiger partial charge in [0.15, 0.2) is 0 Å². The molecule has 2 rings (SSSR count). The Morgan fingerprint density at radius 2 is 1.07 bits per heavy atom. The molecule has 0 radical (unpaired) electrons. The fourth-order valence-corrected chi connectivity index (χ4v) is 7.75. The highest BCUT2D eigenvalue weighted by atomic mass is 16.3. The molecule has 1 aliphatic rings. The monoisotopic (exact) mass is 1060 g/mol. The summed E-state index contributed by atoms with van der Waals surface area (Å²) < 4.78 is 0. The Morgan fingerprint density at radius 3 is 1.56 bits per heavy atom. The van der Waals surface area contributed by atoms with Crippen LogP contribution in [-0.4, -0.2) is 181 Å². The van der Waals surface area contributed by atoms with Crippen molar-refractivity contribution in [2.24, 2.45) is 40.3 Å². The van der Waals surface area contributed by atoms with E-state index in [1.54, 1.807) is 44.2 Å². The van der Waals surface area contributed by atoms with Gasteiger partial charge in [-0.1, -0.05) is 44.2 Å². The van der Waals surface area contributed by atoms with E-state index in [0.29, 0.717) is 5.56 Å². The third-order valence-electron chi connectivity index (χ3n) is 11.9. The number of hydrogen-bond acceptors (Lipinski definition) is 18. The molecule has 0 aliphatic carbocycles. The minimum absolute atomic E-state index is 0.0475. The Bertz CT molecular complexity index is 2050. The summed E-state index contributed by atoms with van der Waals surface area (Å²) in [6.45, 7) is 4.96. The second-order valence-corrected chi connectivity index (χ2v) is 18.8. The van der Waals surface area contributed by atoms with Crippen LogP contribution in [0.25, 0.3) is 0 Å². The molecular weight excluding hydrogens is 981 g/mol. The van der Waals surface area contributed by atoms with Crippen molar-refractivity contribution in [2.45, 2.75) is 152 Å². The van der Waals surface area contributed by atoms with Gasteiger partial charge in [0.25, 0.3) is 0 Å². The van der Waals surface area contributed by atoms with Gasteiger partial charge in [0, 0.05) is 13.0 Å². The van der Waals surface area contributed by atoms with Gasteiger partial charge in [0.2, 0.25) is 59.1 Å². The van der Waals surface area contributed by atoms with Crippen LogP contribution in [0, 0.1) is 5.92 Å². The fourth-order valence-electron chi connectivity index (χ4n) is 7.75. The quantitative estimate of drug-likeness (QED) is 0.0513. The molecule has 10 amide bonds. The zero-order chi connectivity index (χ0) is 56.4. The van der Waals surface area contributed by atoms with Gasteiger partial charge in [-0.05, 0) is 103 Å². The lowest BCUT2D eigenvalue weighted by molar-refractivity contribution is -0.136. The van der Waals surface area contributed by atoms with E-state index in [9.17, 15) is 58.2 Å². The van der Waals surface area contributed by atoms with E-state index in [2.05, 4.69) is 53.2 Å². The first-order valence-electron chi connectivity index (χ1n) is 25.2. The second-order valence-electron chi connectivity index (χ2n) is 18.8. The average Bonchev–Trinajstić information content (AvgIpc) is 3.35. The smallest absolute Gasteiger partial charge is 0.245 e. The predicted molar refractivity (Wildman–Crippen MR) is 274 cm³/mol. The van der Waals surface area contributed by atoms with Crippen LogP contribution in [0.5, 0.6) is 0 Å². The lowest BCUT2D eigenvalue weighted by Crippen LogP contribution is -2.61. The maximum atomic E-state index is 14.4. The van der Waals surface area contributed by atoms with Crippen molar-refractivity contribution < 1.29 is 58.2 Å². The highest BCUT2D eigenvalue weighted by molar-refractivity contribution is 5.99. The molecule has 1 aliphatic heterocycles. The van der Waals surface area contributed by atoms with E-state index in [0.717, 1.165) is 0 Å². The van der Waals surface area contributed by atoms with Crippen molar-refractivity contribution in [3.8, 4) is 0 Å². The number of hydrogen-bond donors (Lipinski definition) is 18. The number of amides is 10. The standard InChI is InChI=1S/C47H82N16O12/c1-24(2)22-34-44(72)57-29(11-17-49)39(67)56-32(14-20-52)43(71)63-36(25(3)64)46(74)54-21-15-33(58-40(68)31(13-19-51)59-47(75)37(26(4)65)62-38(66)28(53)10-16-48)42(70)55-30(12-18-50)41(69)61-35(45(73)60-34)23-27-8-6-5-7-9-27/h5-9,24-26,28-37,64-65H,10-23,48-53H2,1-4H3,(H,54,74)(H,55,70)(H,56,67)(H,57,72)(H,58,68)(H,59,75)(H,60,73)(H,61,69)(H,62,66)(H,63,71)/t25-,26-,28+,29+,30+,31+,32?,33?,34?,35-,36+,37+/m1/s1. The normalized spacial score (nSPS) is 24.0. The maximum absolute atomic E-state index is 14.4. The summed E-state index contributed by atoms with van der Waals surface area (Å²) in [4.78, 5) is 139. The van der Waals surface area contributed by atoms with E-state index in [1.165, 1.54) is 13.8 Å². The Labute approximate surface area is 436 Å². The molecule has 1 aromatic rings. The molecule has 12 atom stereocenters. The Hall–Kier alpha value is -6.40. The molecule has 1 heterocycles. The molecule has 0 bridgehead atoms. The van der Waals surface area contributed by atoms with Crippen molar-refractivity contribution in [3.63, 3.8) is 0 Å². The van der Waals surface area contributed by atoms with Crippen LogP contribution in [0.3, 0.4) is 0 Å². The summed E-state index contributed by atoms with van der Waals surface area (Å²) in [6.07, 6.45) is -4.24. The molecule has 0 aromatic heterocycles. The van der Waals surface area contributed by atoms with Crippen LogP contribution in [0.15, 0.2) is 30.3 Å². The molecule has 24 N–H and O–H groups in total. The van der Waals surface area contributed by atoms with Gasteiger partial charge in [-0.15, -0.1) is 0 Å². The van der Waals surface area contributed by atoms with Crippen LogP contribution in [0.2, 0.25) is 0 Å². The van der Waals surface area contributed by atoms with Crippen LogP contribution < -0.4 is 87.6 Å². The molecule has 3 unspecified atom stereocenters. The number of nitrogens with one attached hydrogen (secondary N) is 10. The first-order chi connectivity index (χ1) is 35.5. The fraction of sp³-hybridized carbons (Fsp3) is 0.660. The molecule has 75 heavy (non-hydrogen) atoms. The third kappa shape index (κ3) is 22.2. The van der Waals surface area contributed by atoms with E-state index in [4.69, 9.17) is 34.4 Å². The number of rotatable bonds is 22. The number of aliphatic hydroxyl groups excluding tert-OH is 2. The first kappa shape index (κ1) is 64.7. The Morgan fingerprint density at radius 1 is 0.587 bits per heavy atom. The molecule has 1 aromatic carbocycles. The van der Waals surface area contributed by atoms with Crippen molar-refractivity contribution in [1.82, 2.24) is 53.2 Å². The van der Waals surface area contributed by atoms with Crippen LogP contribution in [0.4, 0.5) is 0 Å². The number of benzene rings is 1. The molecule has 1 saturated heterocycles. The van der Waals surface area contributed by atoms with Gasteiger partial charge in [0.05, 0.1) is 18.2 Å². The highest BCUT2D eigenvalue weighted by Gasteiger charge is 2.37. The maximum Gasteiger partial charge on any atom is 0.245 e. The second kappa shape index (κ2) is 33.5. The summed E-state index contributed by atoms with van der Waals surface area (Å²) >= 11 is 0. The Kier molecular flexibility index (Phi) is 28.9. The van der Waals surface area contributed by atoms with Gasteiger partial charge in [0.1, 0.15) is 54.4 Å². The van der Waals surface area contributed by atoms with Gasteiger partial charge < -0.3 is 97.8 Å². The summed E-state index contributed by atoms with van der Waals surface area (Å²) in [6, 6.07) is -5.92. The summed E-state index contributed by atoms with van der Waals surface area (Å²) in [5.41, 5.74) is 35.3.